The smallest absolute Gasteiger partial charge is 0.0562 e. The van der Waals surface area contributed by atoms with Crippen LogP contribution in [0.2, 0.25) is 0 Å². The third-order valence-corrected chi connectivity index (χ3v) is 4.33. The molecule has 1 saturated carbocycles. The van der Waals surface area contributed by atoms with Crippen LogP contribution >= 0.6 is 0 Å². The summed E-state index contributed by atoms with van der Waals surface area (Å²) in [6.45, 7) is 6.70. The van der Waals surface area contributed by atoms with Gasteiger partial charge in [0.2, 0.25) is 0 Å². The molecule has 1 aliphatic heterocycles. The predicted molar refractivity (Wildman–Crippen MR) is 83.0 cm³/mol. The van der Waals surface area contributed by atoms with Crippen molar-refractivity contribution in [3.05, 3.63) is 24.0 Å². The van der Waals surface area contributed by atoms with Crippen LogP contribution in [0.4, 0.5) is 5.69 Å². The van der Waals surface area contributed by atoms with Crippen LogP contribution in [-0.2, 0) is 6.54 Å². The molecule has 0 spiro atoms. The first kappa shape index (κ1) is 13.8. The van der Waals surface area contributed by atoms with Crippen molar-refractivity contribution in [3.63, 3.8) is 0 Å². The quantitative estimate of drug-likeness (QED) is 0.908. The molecule has 0 bridgehead atoms. The van der Waals surface area contributed by atoms with Gasteiger partial charge in [0.15, 0.2) is 0 Å². The monoisotopic (exact) mass is 274 g/mol. The van der Waals surface area contributed by atoms with Gasteiger partial charge >= 0.3 is 0 Å². The summed E-state index contributed by atoms with van der Waals surface area (Å²) in [6, 6.07) is 5.72. The lowest BCUT2D eigenvalue weighted by molar-refractivity contribution is 0.337. The third-order valence-electron chi connectivity index (χ3n) is 4.33. The van der Waals surface area contributed by atoms with Crippen LogP contribution in [0.25, 0.3) is 0 Å². The fourth-order valence-electron chi connectivity index (χ4n) is 3.03. The van der Waals surface area contributed by atoms with Crippen LogP contribution in [-0.4, -0.2) is 48.6 Å². The topological polar surface area (TPSA) is 31.4 Å². The molecule has 110 valence electrons. The van der Waals surface area contributed by atoms with Gasteiger partial charge in [0.05, 0.1) is 5.69 Å². The molecule has 0 aromatic carbocycles. The van der Waals surface area contributed by atoms with Gasteiger partial charge in [-0.2, -0.15) is 0 Å². The maximum Gasteiger partial charge on any atom is 0.0562 e. The molecule has 0 amide bonds. The summed E-state index contributed by atoms with van der Waals surface area (Å²) in [7, 11) is 2.22. The van der Waals surface area contributed by atoms with E-state index in [0.717, 1.165) is 25.7 Å². The molecule has 1 aromatic rings. The summed E-state index contributed by atoms with van der Waals surface area (Å²) in [5.41, 5.74) is 2.49. The number of hydrogen-bond acceptors (Lipinski definition) is 4. The lowest BCUT2D eigenvalue weighted by Crippen LogP contribution is -2.38. The number of rotatable bonds is 4. The first-order valence-corrected chi connectivity index (χ1v) is 7.86. The van der Waals surface area contributed by atoms with Gasteiger partial charge in [-0.3, -0.25) is 4.98 Å². The number of likely N-dealkylation sites (N-methyl/N-ethyl adjacent to an activating group) is 1. The Hall–Kier alpha value is -1.13. The van der Waals surface area contributed by atoms with Crippen LogP contribution in [0.5, 0.6) is 0 Å². The Labute approximate surface area is 122 Å². The van der Waals surface area contributed by atoms with Crippen LogP contribution in [0.3, 0.4) is 0 Å². The second-order valence-electron chi connectivity index (χ2n) is 6.32. The predicted octanol–water partition coefficient (Wildman–Crippen LogP) is 1.86. The minimum atomic E-state index is 0.564. The van der Waals surface area contributed by atoms with Gasteiger partial charge in [-0.25, -0.2) is 0 Å². The van der Waals surface area contributed by atoms with Gasteiger partial charge in [0, 0.05) is 43.6 Å². The summed E-state index contributed by atoms with van der Waals surface area (Å²) >= 11 is 0. The number of nitrogens with zero attached hydrogens (tertiary/aromatic N) is 3. The highest BCUT2D eigenvalue weighted by atomic mass is 15.2. The second kappa shape index (κ2) is 6.10. The van der Waals surface area contributed by atoms with Crippen molar-refractivity contribution in [2.45, 2.75) is 44.8 Å². The average Bonchev–Trinajstić information content (AvgIpc) is 3.25. The van der Waals surface area contributed by atoms with Crippen molar-refractivity contribution in [3.8, 4) is 0 Å². The zero-order valence-corrected chi connectivity index (χ0v) is 12.7. The number of anilines is 1. The summed E-state index contributed by atoms with van der Waals surface area (Å²) in [5, 5.41) is 3.54. The molecule has 3 rings (SSSR count). The van der Waals surface area contributed by atoms with Crippen LogP contribution < -0.4 is 10.2 Å². The van der Waals surface area contributed by atoms with Crippen molar-refractivity contribution in [2.24, 2.45) is 0 Å². The Bertz CT molecular complexity index is 444. The first-order valence-electron chi connectivity index (χ1n) is 7.86. The van der Waals surface area contributed by atoms with Crippen molar-refractivity contribution in [1.29, 1.82) is 0 Å². The molecule has 20 heavy (non-hydrogen) atoms. The highest BCUT2D eigenvalue weighted by Gasteiger charge is 2.22. The number of nitrogens with one attached hydrogen (secondary N) is 1. The molecule has 1 aliphatic carbocycles. The standard InChI is InChI=1S/C16H26N4/c1-13-12-19(2)8-3-9-20(13)16-6-7-17-15(10-16)11-18-14-4-5-14/h6-7,10,13-14,18H,3-5,8-9,11-12H2,1-2H3. The Morgan fingerprint density at radius 2 is 2.20 bits per heavy atom. The van der Waals surface area contributed by atoms with Gasteiger partial charge in [0.25, 0.3) is 0 Å². The second-order valence-corrected chi connectivity index (χ2v) is 6.32. The molecular weight excluding hydrogens is 248 g/mol. The highest BCUT2D eigenvalue weighted by molar-refractivity contribution is 5.47. The maximum absolute atomic E-state index is 4.50. The normalized spacial score (nSPS) is 24.7. The number of pyridine rings is 1. The van der Waals surface area contributed by atoms with E-state index in [-0.39, 0.29) is 0 Å². The van der Waals surface area contributed by atoms with Gasteiger partial charge in [0.1, 0.15) is 0 Å². The van der Waals surface area contributed by atoms with Crippen LogP contribution in [0.15, 0.2) is 18.3 Å². The molecule has 1 saturated heterocycles. The fraction of sp³-hybridized carbons (Fsp3) is 0.688. The molecule has 2 fully saturated rings. The Balaban J connectivity index is 1.69. The zero-order chi connectivity index (χ0) is 13.9. The molecule has 1 N–H and O–H groups in total. The summed E-state index contributed by atoms with van der Waals surface area (Å²) < 4.78 is 0. The van der Waals surface area contributed by atoms with Crippen LogP contribution in [0, 0.1) is 0 Å². The lowest BCUT2D eigenvalue weighted by Gasteiger charge is -2.30. The Morgan fingerprint density at radius 3 is 3.00 bits per heavy atom. The molecule has 2 heterocycles. The minimum Gasteiger partial charge on any atom is -0.367 e. The molecule has 1 aromatic heterocycles. The van der Waals surface area contributed by atoms with Crippen molar-refractivity contribution in [2.75, 3.05) is 31.6 Å². The van der Waals surface area contributed by atoms with E-state index in [1.165, 1.54) is 37.2 Å². The third kappa shape index (κ3) is 3.49. The van der Waals surface area contributed by atoms with E-state index in [2.05, 4.69) is 46.2 Å². The van der Waals surface area contributed by atoms with Crippen molar-refractivity contribution < 1.29 is 0 Å². The highest BCUT2D eigenvalue weighted by Crippen LogP contribution is 2.22. The molecule has 0 radical (unpaired) electrons. The van der Waals surface area contributed by atoms with E-state index in [1.54, 1.807) is 0 Å². The summed E-state index contributed by atoms with van der Waals surface area (Å²) in [5.74, 6) is 0. The maximum atomic E-state index is 4.50. The molecular formula is C16H26N4. The zero-order valence-electron chi connectivity index (χ0n) is 12.7. The molecule has 1 unspecified atom stereocenters. The minimum absolute atomic E-state index is 0.564. The molecule has 1 atom stereocenters. The largest absolute Gasteiger partial charge is 0.367 e. The van der Waals surface area contributed by atoms with Crippen molar-refractivity contribution in [1.82, 2.24) is 15.2 Å². The molecule has 2 aliphatic rings. The summed E-state index contributed by atoms with van der Waals surface area (Å²) in [6.07, 6.45) is 5.85. The van der Waals surface area contributed by atoms with Gasteiger partial charge < -0.3 is 15.1 Å². The summed E-state index contributed by atoms with van der Waals surface area (Å²) in [4.78, 5) is 9.46. The first-order chi connectivity index (χ1) is 9.72. The van der Waals surface area contributed by atoms with E-state index in [0.29, 0.717) is 6.04 Å². The number of hydrogen-bond donors (Lipinski definition) is 1. The molecule has 4 heteroatoms. The van der Waals surface area contributed by atoms with E-state index in [1.807, 2.05) is 6.20 Å². The van der Waals surface area contributed by atoms with Gasteiger partial charge in [-0.15, -0.1) is 0 Å². The van der Waals surface area contributed by atoms with E-state index in [9.17, 15) is 0 Å². The van der Waals surface area contributed by atoms with E-state index < -0.39 is 0 Å². The van der Waals surface area contributed by atoms with Gasteiger partial charge in [-0.1, -0.05) is 0 Å². The SMILES string of the molecule is CC1CN(C)CCCN1c1ccnc(CNC2CC2)c1. The van der Waals surface area contributed by atoms with Crippen LogP contribution in [0.1, 0.15) is 31.9 Å². The van der Waals surface area contributed by atoms with Gasteiger partial charge in [-0.05, 0) is 51.9 Å². The lowest BCUT2D eigenvalue weighted by atomic mass is 10.2. The van der Waals surface area contributed by atoms with E-state index in [4.69, 9.17) is 0 Å². The molecule has 4 nitrogen and oxygen atoms in total. The average molecular weight is 274 g/mol. The number of aromatic nitrogens is 1. The fourth-order valence-corrected chi connectivity index (χ4v) is 3.03. The van der Waals surface area contributed by atoms with E-state index >= 15 is 0 Å². The Kier molecular flexibility index (Phi) is 4.22. The van der Waals surface area contributed by atoms with Crippen molar-refractivity contribution >= 4 is 5.69 Å². The Morgan fingerprint density at radius 1 is 1.35 bits per heavy atom.